The molecule has 4 aromatic rings. The molecule has 20 nitrogen and oxygen atoms in total. The Kier molecular flexibility index (Phi) is 17.1. The number of fused-ring (bicyclic) bond motifs is 4. The number of nitrogens with one attached hydrogen (secondary N) is 8. The third kappa shape index (κ3) is 13.0. The number of amides is 5. The predicted molar refractivity (Wildman–Crippen MR) is 227 cm³/mol. The van der Waals surface area contributed by atoms with E-state index in [1.54, 1.807) is 30.3 Å². The first-order chi connectivity index (χ1) is 31.0. The molecule has 4 atom stereocenters. The summed E-state index contributed by atoms with van der Waals surface area (Å²) in [7, 11) is 0. The number of rotatable bonds is 24. The lowest BCUT2D eigenvalue weighted by molar-refractivity contribution is -0.146. The minimum absolute atomic E-state index is 0.0230. The summed E-state index contributed by atoms with van der Waals surface area (Å²) in [4.78, 5) is 93.7. The van der Waals surface area contributed by atoms with E-state index in [1.165, 1.54) is 6.07 Å². The van der Waals surface area contributed by atoms with Crippen LogP contribution in [-0.2, 0) is 40.0 Å². The Morgan fingerprint density at radius 1 is 0.906 bits per heavy atom. The van der Waals surface area contributed by atoms with E-state index in [4.69, 9.17) is 10.6 Å². The van der Waals surface area contributed by atoms with E-state index in [9.17, 15) is 33.2 Å². The van der Waals surface area contributed by atoms with E-state index < -0.39 is 79.0 Å². The number of benzene rings is 1. The fraction of sp³-hybridized carbons (Fsp3) is 0.476. The van der Waals surface area contributed by atoms with Gasteiger partial charge in [-0.3, -0.25) is 33.9 Å². The molecule has 3 heterocycles. The number of carbonyl (C=O) groups excluding carboxylic acids is 6. The van der Waals surface area contributed by atoms with Gasteiger partial charge in [-0.2, -0.15) is 5.10 Å². The van der Waals surface area contributed by atoms with Crippen LogP contribution in [0.25, 0.3) is 22.6 Å². The van der Waals surface area contributed by atoms with Crippen molar-refractivity contribution in [2.75, 3.05) is 44.8 Å². The molecule has 7 rings (SSSR count). The molecule has 5 amide bonds. The lowest BCUT2D eigenvalue weighted by Gasteiger charge is -2.48. The maximum Gasteiger partial charge on any atom is 0.249 e. The Bertz CT molecular complexity index is 2240. The van der Waals surface area contributed by atoms with Crippen molar-refractivity contribution in [2.45, 2.75) is 63.5 Å². The molecule has 3 fully saturated rings. The highest BCUT2D eigenvalue weighted by Crippen LogP contribution is 2.46. The minimum atomic E-state index is -1.10. The lowest BCUT2D eigenvalue weighted by atomic mass is 9.61. The monoisotopic (exact) mass is 889 g/mol. The van der Waals surface area contributed by atoms with Crippen molar-refractivity contribution in [1.29, 1.82) is 0 Å². The summed E-state index contributed by atoms with van der Waals surface area (Å²) in [5, 5.41) is 23.2. The van der Waals surface area contributed by atoms with E-state index in [-0.39, 0.29) is 53.7 Å². The number of aromatic amines is 1. The van der Waals surface area contributed by atoms with Crippen LogP contribution in [0.15, 0.2) is 48.8 Å². The van der Waals surface area contributed by atoms with E-state index in [0.29, 0.717) is 24.9 Å². The van der Waals surface area contributed by atoms with E-state index in [0.717, 1.165) is 62.8 Å². The first kappa shape index (κ1) is 47.0. The molecular weight excluding hydrogens is 837 g/mol. The Hall–Kier alpha value is -6.52. The number of unbranched alkanes of at least 4 members (excludes halogenated alkanes) is 1. The molecule has 3 aliphatic carbocycles. The zero-order valence-corrected chi connectivity index (χ0v) is 35.0. The number of aromatic nitrogens is 5. The molecule has 1 unspecified atom stereocenters. The maximum absolute atomic E-state index is 15.2. The molecule has 22 heteroatoms. The smallest absolute Gasteiger partial charge is 0.249 e. The van der Waals surface area contributed by atoms with Crippen molar-refractivity contribution in [1.82, 2.24) is 57.2 Å². The number of hydrogen-bond acceptors (Lipinski definition) is 14. The molecule has 64 heavy (non-hydrogen) atoms. The van der Waals surface area contributed by atoms with Crippen molar-refractivity contribution in [2.24, 2.45) is 29.4 Å². The highest BCUT2D eigenvalue weighted by Gasteiger charge is 2.47. The summed E-state index contributed by atoms with van der Waals surface area (Å²) >= 11 is 0. The number of halogens is 2. The zero-order chi connectivity index (χ0) is 45.4. The van der Waals surface area contributed by atoms with Crippen LogP contribution in [0.4, 0.5) is 14.6 Å². The normalized spacial score (nSPS) is 18.7. The third-order valence-corrected chi connectivity index (χ3v) is 11.4. The van der Waals surface area contributed by atoms with Crippen LogP contribution in [0, 0.1) is 35.3 Å². The summed E-state index contributed by atoms with van der Waals surface area (Å²) in [6.45, 7) is -0.633. The van der Waals surface area contributed by atoms with Crippen LogP contribution in [0.5, 0.6) is 0 Å². The quantitative estimate of drug-likeness (QED) is 0.0201. The molecule has 0 saturated heterocycles. The number of anilines is 1. The second-order valence-corrected chi connectivity index (χ2v) is 15.9. The van der Waals surface area contributed by atoms with Crippen LogP contribution in [0.3, 0.4) is 0 Å². The van der Waals surface area contributed by atoms with E-state index in [2.05, 4.69) is 62.5 Å². The lowest BCUT2D eigenvalue weighted by Crippen LogP contribution is -2.54. The summed E-state index contributed by atoms with van der Waals surface area (Å²) in [5.74, 6) is -5.24. The van der Waals surface area contributed by atoms with Gasteiger partial charge in [0.25, 0.3) is 0 Å². The second kappa shape index (κ2) is 23.2. The zero-order valence-electron chi connectivity index (χ0n) is 35.0. The molecule has 10 N–H and O–H groups in total. The Morgan fingerprint density at radius 3 is 2.42 bits per heavy atom. The molecule has 1 aromatic carbocycles. The molecule has 0 radical (unpaired) electrons. The molecular formula is C42H53F2N13O7. The van der Waals surface area contributed by atoms with Gasteiger partial charge in [0.1, 0.15) is 30.6 Å². The average molecular weight is 890 g/mol. The number of carbonyl (C=O) groups is 6. The summed E-state index contributed by atoms with van der Waals surface area (Å²) in [5.41, 5.74) is 9.11. The SMILES string of the molecule is NCCCCC(C=O)CNCC(=O)NCC(=O)N[C@@H](Cc1ccccc1)C(=O)NCC(=O)NCONC(=O)[C@H]1C2CCC(CC2)[C@@H]1Nc1nc(-c2[nH]nc3ncc(F)cc23)ncc1F. The number of aldehydes is 1. The van der Waals surface area contributed by atoms with Crippen LogP contribution in [0.1, 0.15) is 50.5 Å². The number of nitrogens with zero attached hydrogens (tertiary/aromatic N) is 4. The largest absolute Gasteiger partial charge is 0.364 e. The highest BCUT2D eigenvalue weighted by atomic mass is 19.1. The third-order valence-electron chi connectivity index (χ3n) is 11.4. The molecule has 3 aromatic heterocycles. The Labute approximate surface area is 366 Å². The number of H-pyrrole nitrogens is 1. The van der Waals surface area contributed by atoms with Crippen LogP contribution < -0.4 is 43.1 Å². The van der Waals surface area contributed by atoms with Gasteiger partial charge in [-0.1, -0.05) is 36.8 Å². The average Bonchev–Trinajstić information content (AvgIpc) is 3.72. The van der Waals surface area contributed by atoms with Crippen molar-refractivity contribution in [3.63, 3.8) is 0 Å². The first-order valence-electron chi connectivity index (χ1n) is 21.2. The molecule has 3 saturated carbocycles. The minimum Gasteiger partial charge on any atom is -0.364 e. The maximum atomic E-state index is 15.2. The molecule has 2 bridgehead atoms. The summed E-state index contributed by atoms with van der Waals surface area (Å²) in [6.07, 6.45) is 8.37. The number of hydrogen-bond donors (Lipinski definition) is 9. The van der Waals surface area contributed by atoms with Gasteiger partial charge >= 0.3 is 0 Å². The van der Waals surface area contributed by atoms with Gasteiger partial charge in [0.2, 0.25) is 29.5 Å². The van der Waals surface area contributed by atoms with E-state index >= 15 is 4.39 Å². The van der Waals surface area contributed by atoms with Gasteiger partial charge in [0, 0.05) is 24.9 Å². The van der Waals surface area contributed by atoms with Gasteiger partial charge in [-0.25, -0.2) is 29.2 Å². The van der Waals surface area contributed by atoms with Crippen LogP contribution in [-0.4, -0.2) is 113 Å². The topological polar surface area (TPSA) is 289 Å². The molecule has 0 spiro atoms. The number of hydroxylamine groups is 1. The number of pyridine rings is 1. The summed E-state index contributed by atoms with van der Waals surface area (Å²) < 4.78 is 29.2. The van der Waals surface area contributed by atoms with Crippen molar-refractivity contribution >= 4 is 52.7 Å². The van der Waals surface area contributed by atoms with Crippen molar-refractivity contribution in [3.8, 4) is 11.5 Å². The molecule has 3 aliphatic rings. The Morgan fingerprint density at radius 2 is 1.66 bits per heavy atom. The number of nitrogens with two attached hydrogens (primary N) is 1. The fourth-order valence-electron chi connectivity index (χ4n) is 8.16. The van der Waals surface area contributed by atoms with Crippen LogP contribution >= 0.6 is 0 Å². The second-order valence-electron chi connectivity index (χ2n) is 15.9. The van der Waals surface area contributed by atoms with Gasteiger partial charge in [0.15, 0.2) is 23.1 Å². The van der Waals surface area contributed by atoms with Gasteiger partial charge in [-0.15, -0.1) is 0 Å². The van der Waals surface area contributed by atoms with E-state index in [1.807, 2.05) is 0 Å². The van der Waals surface area contributed by atoms with Gasteiger partial charge in [-0.05, 0) is 68.5 Å². The standard InChI is InChI=1S/C42H53F2N13O7/c43-28-15-29-37(55-56-38(29)48-17-28)40-49-18-30(44)39(54-40)53-36-27-11-9-26(10-12-27)35(36)42(63)57-64-23-51-33(60)20-50-41(62)31(14-24-6-2-1-3-7-24)52-34(61)21-47-32(59)19-46-16-25(22-58)8-4-5-13-45/h1-3,6-7,15,17-18,22,25-27,31,35-36,46H,4-5,8-14,16,19-21,23,45H2,(H,47,59)(H,50,62)(H,51,60)(H,52,61)(H,57,63)(H,48,55,56)(H,49,53,54)/t25?,26?,27?,31-,35-,36-/m0/s1. The van der Waals surface area contributed by atoms with Crippen molar-refractivity contribution in [3.05, 3.63) is 66.0 Å². The summed E-state index contributed by atoms with van der Waals surface area (Å²) in [6, 6.07) is 8.49. The molecule has 0 aliphatic heterocycles. The Balaban J connectivity index is 0.956. The fourth-order valence-corrected chi connectivity index (χ4v) is 8.16. The first-order valence-corrected chi connectivity index (χ1v) is 21.2. The van der Waals surface area contributed by atoms with Gasteiger partial charge < -0.3 is 42.4 Å². The predicted octanol–water partition coefficient (Wildman–Crippen LogP) is 0.525. The van der Waals surface area contributed by atoms with Crippen LogP contribution in [0.2, 0.25) is 0 Å². The van der Waals surface area contributed by atoms with Crippen molar-refractivity contribution < 1.29 is 42.4 Å². The van der Waals surface area contributed by atoms with Gasteiger partial charge in [0.05, 0.1) is 43.3 Å². The molecule has 342 valence electrons. The highest BCUT2D eigenvalue weighted by molar-refractivity contribution is 5.92.